The van der Waals surface area contributed by atoms with Gasteiger partial charge in [0.1, 0.15) is 11.2 Å². The van der Waals surface area contributed by atoms with Crippen LogP contribution in [0.3, 0.4) is 0 Å². The van der Waals surface area contributed by atoms with Crippen molar-refractivity contribution in [1.29, 1.82) is 0 Å². The van der Waals surface area contributed by atoms with Gasteiger partial charge < -0.3 is 0 Å². The van der Waals surface area contributed by atoms with Crippen molar-refractivity contribution in [3.8, 4) is 0 Å². The number of hydrogen-bond donors (Lipinski definition) is 0. The van der Waals surface area contributed by atoms with Crippen LogP contribution in [0.1, 0.15) is 24.3 Å². The van der Waals surface area contributed by atoms with E-state index in [1.807, 2.05) is 19.9 Å². The average Bonchev–Trinajstić information content (AvgIpc) is 2.38. The fraction of sp³-hybridized carbons (Fsp3) is 0.214. The Bertz CT molecular complexity index is 661. The molecule has 0 saturated carbocycles. The maximum Gasteiger partial charge on any atom is 0.282 e. The van der Waals surface area contributed by atoms with Gasteiger partial charge in [-0.25, -0.2) is 0 Å². The molecule has 0 aliphatic heterocycles. The van der Waals surface area contributed by atoms with Gasteiger partial charge in [0.2, 0.25) is 0 Å². The van der Waals surface area contributed by atoms with Crippen LogP contribution in [0.15, 0.2) is 47.7 Å². The molecule has 2 aromatic heterocycles. The third-order valence-electron chi connectivity index (χ3n) is 2.39. The Balaban J connectivity index is 2.51. The third kappa shape index (κ3) is 3.29. The molecule has 2 aromatic rings. The van der Waals surface area contributed by atoms with Gasteiger partial charge in [0.15, 0.2) is 0 Å². The fourth-order valence-corrected chi connectivity index (χ4v) is 1.78. The maximum absolute atomic E-state index is 12.4. The van der Waals surface area contributed by atoms with E-state index in [4.69, 9.17) is 11.6 Å². The molecule has 4 nitrogen and oxygen atoms in total. The summed E-state index contributed by atoms with van der Waals surface area (Å²) in [6.07, 6.45) is 3.18. The van der Waals surface area contributed by atoms with Gasteiger partial charge in [-0.3, -0.25) is 19.3 Å². The number of nitrogens with zero attached hydrogens (tertiary/aromatic N) is 3. The highest BCUT2D eigenvalue weighted by atomic mass is 35.5. The zero-order chi connectivity index (χ0) is 13.8. The standard InChI is InChI=1S/C14H14ClN3O/c1-10(2)17-13-5-3-4-8-18(13)14(19)12-9-11(15)6-7-16-12/h3-10H,1-2H3. The summed E-state index contributed by atoms with van der Waals surface area (Å²) in [5.41, 5.74) is 0.896. The number of hydrogen-bond acceptors (Lipinski definition) is 3. The predicted octanol–water partition coefficient (Wildman–Crippen LogP) is 2.53. The van der Waals surface area contributed by atoms with Crippen LogP contribution in [-0.4, -0.2) is 21.5 Å². The highest BCUT2D eigenvalue weighted by Crippen LogP contribution is 2.08. The Morgan fingerprint density at radius 3 is 2.84 bits per heavy atom. The summed E-state index contributed by atoms with van der Waals surface area (Å²) in [4.78, 5) is 20.8. The van der Waals surface area contributed by atoms with E-state index in [1.165, 1.54) is 10.8 Å². The summed E-state index contributed by atoms with van der Waals surface area (Å²) in [6.45, 7) is 3.92. The number of aromatic nitrogens is 2. The summed E-state index contributed by atoms with van der Waals surface area (Å²) in [5.74, 6) is -0.248. The van der Waals surface area contributed by atoms with E-state index in [2.05, 4.69) is 9.98 Å². The van der Waals surface area contributed by atoms with E-state index >= 15 is 0 Å². The van der Waals surface area contributed by atoms with E-state index in [0.717, 1.165) is 0 Å². The van der Waals surface area contributed by atoms with Crippen LogP contribution >= 0.6 is 11.6 Å². The normalized spacial score (nSPS) is 11.9. The predicted molar refractivity (Wildman–Crippen MR) is 74.1 cm³/mol. The smallest absolute Gasteiger partial charge is 0.267 e. The minimum atomic E-state index is -0.248. The SMILES string of the molecule is CC(C)N=c1ccccn1C(=O)c1cc(Cl)ccn1. The van der Waals surface area contributed by atoms with Crippen molar-refractivity contribution >= 4 is 17.5 Å². The topological polar surface area (TPSA) is 47.2 Å². The number of rotatable bonds is 2. The average molecular weight is 276 g/mol. The molecular formula is C14H14ClN3O. The zero-order valence-electron chi connectivity index (χ0n) is 10.7. The van der Waals surface area contributed by atoms with E-state index in [1.54, 1.807) is 30.5 Å². The van der Waals surface area contributed by atoms with Crippen molar-refractivity contribution in [3.63, 3.8) is 0 Å². The monoisotopic (exact) mass is 275 g/mol. The van der Waals surface area contributed by atoms with E-state index in [-0.39, 0.29) is 11.9 Å². The second kappa shape index (κ2) is 5.80. The van der Waals surface area contributed by atoms with Gasteiger partial charge in [0.05, 0.1) is 0 Å². The minimum Gasteiger partial charge on any atom is -0.267 e. The summed E-state index contributed by atoms with van der Waals surface area (Å²) in [5, 5.41) is 0.484. The first kappa shape index (κ1) is 13.5. The Morgan fingerprint density at radius 2 is 2.16 bits per heavy atom. The second-order valence-corrected chi connectivity index (χ2v) is 4.75. The molecule has 2 heterocycles. The number of halogens is 1. The molecule has 0 aliphatic carbocycles. The molecule has 0 radical (unpaired) electrons. The van der Waals surface area contributed by atoms with Crippen LogP contribution in [0.2, 0.25) is 5.02 Å². The number of carbonyl (C=O) groups is 1. The molecular weight excluding hydrogens is 262 g/mol. The molecule has 19 heavy (non-hydrogen) atoms. The lowest BCUT2D eigenvalue weighted by Gasteiger charge is -2.06. The fourth-order valence-electron chi connectivity index (χ4n) is 1.62. The van der Waals surface area contributed by atoms with Crippen LogP contribution in [0.4, 0.5) is 0 Å². The van der Waals surface area contributed by atoms with E-state index < -0.39 is 0 Å². The largest absolute Gasteiger partial charge is 0.282 e. The first-order valence-electron chi connectivity index (χ1n) is 5.95. The number of pyridine rings is 2. The lowest BCUT2D eigenvalue weighted by Crippen LogP contribution is -2.28. The van der Waals surface area contributed by atoms with Gasteiger partial charge in [-0.05, 0) is 38.1 Å². The molecule has 98 valence electrons. The Labute approximate surface area is 116 Å². The summed E-state index contributed by atoms with van der Waals surface area (Å²) in [6, 6.07) is 8.70. The van der Waals surface area contributed by atoms with Crippen LogP contribution < -0.4 is 5.49 Å². The van der Waals surface area contributed by atoms with Crippen molar-refractivity contribution < 1.29 is 4.79 Å². The summed E-state index contributed by atoms with van der Waals surface area (Å²) in [7, 11) is 0. The Hall–Kier alpha value is -1.94. The molecule has 2 rings (SSSR count). The molecule has 0 aliphatic rings. The molecule has 0 spiro atoms. The molecule has 5 heteroatoms. The highest BCUT2D eigenvalue weighted by Gasteiger charge is 2.10. The first-order valence-corrected chi connectivity index (χ1v) is 6.33. The van der Waals surface area contributed by atoms with Crippen LogP contribution in [0, 0.1) is 0 Å². The Kier molecular flexibility index (Phi) is 4.12. The summed E-state index contributed by atoms with van der Waals surface area (Å²) < 4.78 is 1.47. The zero-order valence-corrected chi connectivity index (χ0v) is 11.5. The highest BCUT2D eigenvalue weighted by molar-refractivity contribution is 6.30. The molecule has 0 atom stereocenters. The molecule has 0 N–H and O–H groups in total. The van der Waals surface area contributed by atoms with Crippen molar-refractivity contribution in [3.05, 3.63) is 58.9 Å². The van der Waals surface area contributed by atoms with Gasteiger partial charge in [-0.2, -0.15) is 0 Å². The van der Waals surface area contributed by atoms with Gasteiger partial charge in [-0.15, -0.1) is 0 Å². The van der Waals surface area contributed by atoms with Crippen molar-refractivity contribution in [2.45, 2.75) is 19.9 Å². The van der Waals surface area contributed by atoms with E-state index in [0.29, 0.717) is 16.2 Å². The van der Waals surface area contributed by atoms with Crippen LogP contribution in [-0.2, 0) is 0 Å². The molecule has 0 unspecified atom stereocenters. The molecule has 0 aromatic carbocycles. The first-order chi connectivity index (χ1) is 9.08. The van der Waals surface area contributed by atoms with Gasteiger partial charge in [-0.1, -0.05) is 17.7 Å². The quantitative estimate of drug-likeness (QED) is 0.846. The number of carbonyl (C=O) groups excluding carboxylic acids is 1. The molecule has 0 bridgehead atoms. The Morgan fingerprint density at radius 1 is 1.37 bits per heavy atom. The van der Waals surface area contributed by atoms with E-state index in [9.17, 15) is 4.79 Å². The second-order valence-electron chi connectivity index (χ2n) is 4.32. The molecule has 0 amide bonds. The lowest BCUT2D eigenvalue weighted by atomic mass is 10.3. The van der Waals surface area contributed by atoms with Crippen molar-refractivity contribution in [2.24, 2.45) is 4.99 Å². The van der Waals surface area contributed by atoms with Gasteiger partial charge >= 0.3 is 0 Å². The van der Waals surface area contributed by atoms with Gasteiger partial charge in [0, 0.05) is 23.5 Å². The molecule has 0 saturated heterocycles. The van der Waals surface area contributed by atoms with Crippen LogP contribution in [0.5, 0.6) is 0 Å². The lowest BCUT2D eigenvalue weighted by molar-refractivity contribution is 0.0949. The van der Waals surface area contributed by atoms with Gasteiger partial charge in [0.25, 0.3) is 5.91 Å². The minimum absolute atomic E-state index is 0.105. The van der Waals surface area contributed by atoms with Crippen molar-refractivity contribution in [2.75, 3.05) is 0 Å². The molecule has 0 fully saturated rings. The third-order valence-corrected chi connectivity index (χ3v) is 2.62. The van der Waals surface area contributed by atoms with Crippen molar-refractivity contribution in [1.82, 2.24) is 9.55 Å². The maximum atomic E-state index is 12.4. The summed E-state index contributed by atoms with van der Waals surface area (Å²) >= 11 is 5.88. The van der Waals surface area contributed by atoms with Crippen LogP contribution in [0.25, 0.3) is 0 Å².